The Balaban J connectivity index is 2.52. The largest absolute Gasteiger partial charge is 0.419 e. The zero-order valence-electron chi connectivity index (χ0n) is 10.1. The van der Waals surface area contributed by atoms with Crippen LogP contribution in [0.3, 0.4) is 0 Å². The third-order valence-corrected chi connectivity index (χ3v) is 3.07. The predicted molar refractivity (Wildman–Crippen MR) is 66.8 cm³/mol. The van der Waals surface area contributed by atoms with Crippen molar-refractivity contribution in [2.24, 2.45) is 5.92 Å². The highest BCUT2D eigenvalue weighted by atomic mass is 35.5. The molecule has 6 heteroatoms. The molecule has 0 aliphatic rings. The average Bonchev–Trinajstić information content (AvgIpc) is 2.33. The van der Waals surface area contributed by atoms with Gasteiger partial charge in [0.1, 0.15) is 5.82 Å². The van der Waals surface area contributed by atoms with Crippen molar-refractivity contribution in [2.75, 3.05) is 17.7 Å². The first-order chi connectivity index (χ1) is 8.45. The van der Waals surface area contributed by atoms with Crippen LogP contribution < -0.4 is 5.32 Å². The van der Waals surface area contributed by atoms with E-state index >= 15 is 0 Å². The van der Waals surface area contributed by atoms with Gasteiger partial charge in [-0.05, 0) is 30.9 Å². The van der Waals surface area contributed by atoms with Crippen molar-refractivity contribution in [1.82, 2.24) is 4.98 Å². The highest BCUT2D eigenvalue weighted by Crippen LogP contribution is 2.33. The number of aromatic nitrogens is 1. The Bertz CT molecular complexity index is 369. The fourth-order valence-electron chi connectivity index (χ4n) is 1.51. The molecule has 0 aliphatic heterocycles. The first-order valence-corrected chi connectivity index (χ1v) is 6.30. The van der Waals surface area contributed by atoms with Crippen LogP contribution in [0.1, 0.15) is 25.3 Å². The standard InChI is InChI=1S/C12H16ClF3N2/c1-9(8-13)4-2-6-17-11-10(12(14,15)16)5-3-7-18-11/h3,5,7,9H,2,4,6,8H2,1H3,(H,17,18). The molecule has 0 saturated heterocycles. The van der Waals surface area contributed by atoms with Gasteiger partial charge in [0.2, 0.25) is 0 Å². The summed E-state index contributed by atoms with van der Waals surface area (Å²) in [6, 6.07) is 2.31. The van der Waals surface area contributed by atoms with Crippen molar-refractivity contribution in [1.29, 1.82) is 0 Å². The van der Waals surface area contributed by atoms with Crippen molar-refractivity contribution >= 4 is 17.4 Å². The Kier molecular flexibility index (Phi) is 5.72. The van der Waals surface area contributed by atoms with Gasteiger partial charge in [-0.3, -0.25) is 0 Å². The second-order valence-corrected chi connectivity index (χ2v) is 4.53. The molecular weight excluding hydrogens is 265 g/mol. The molecule has 0 amide bonds. The molecule has 1 atom stereocenters. The van der Waals surface area contributed by atoms with Gasteiger partial charge in [0, 0.05) is 18.6 Å². The number of alkyl halides is 4. The first-order valence-electron chi connectivity index (χ1n) is 5.77. The highest BCUT2D eigenvalue weighted by Gasteiger charge is 2.33. The van der Waals surface area contributed by atoms with Crippen molar-refractivity contribution in [3.8, 4) is 0 Å². The van der Waals surface area contributed by atoms with E-state index in [9.17, 15) is 13.2 Å². The molecule has 0 spiro atoms. The van der Waals surface area contributed by atoms with Gasteiger partial charge in [0.25, 0.3) is 0 Å². The Hall–Kier alpha value is -0.970. The Morgan fingerprint density at radius 2 is 2.17 bits per heavy atom. The number of anilines is 1. The zero-order valence-corrected chi connectivity index (χ0v) is 10.9. The molecule has 0 fully saturated rings. The lowest BCUT2D eigenvalue weighted by atomic mass is 10.1. The molecule has 0 saturated carbocycles. The fraction of sp³-hybridized carbons (Fsp3) is 0.583. The van der Waals surface area contributed by atoms with E-state index in [1.807, 2.05) is 6.92 Å². The summed E-state index contributed by atoms with van der Waals surface area (Å²) >= 11 is 5.65. The lowest BCUT2D eigenvalue weighted by Crippen LogP contribution is -2.13. The molecule has 0 aliphatic carbocycles. The van der Waals surface area contributed by atoms with Crippen molar-refractivity contribution < 1.29 is 13.2 Å². The summed E-state index contributed by atoms with van der Waals surface area (Å²) in [5.74, 6) is 0.833. The molecule has 1 aromatic heterocycles. The van der Waals surface area contributed by atoms with Gasteiger partial charge in [-0.25, -0.2) is 4.98 Å². The molecule has 0 bridgehead atoms. The van der Waals surface area contributed by atoms with E-state index in [0.29, 0.717) is 18.3 Å². The summed E-state index contributed by atoms with van der Waals surface area (Å²) < 4.78 is 37.9. The molecule has 2 nitrogen and oxygen atoms in total. The highest BCUT2D eigenvalue weighted by molar-refractivity contribution is 6.18. The van der Waals surface area contributed by atoms with Gasteiger partial charge in [0.15, 0.2) is 0 Å². The van der Waals surface area contributed by atoms with E-state index in [0.717, 1.165) is 18.9 Å². The Labute approximate surface area is 110 Å². The molecule has 1 aromatic rings. The van der Waals surface area contributed by atoms with Crippen LogP contribution in [0.15, 0.2) is 18.3 Å². The van der Waals surface area contributed by atoms with Crippen LogP contribution in [-0.2, 0) is 6.18 Å². The summed E-state index contributed by atoms with van der Waals surface area (Å²) in [4.78, 5) is 3.72. The van der Waals surface area contributed by atoms with E-state index in [1.165, 1.54) is 12.3 Å². The second kappa shape index (κ2) is 6.83. The third-order valence-electron chi connectivity index (χ3n) is 2.54. The van der Waals surface area contributed by atoms with E-state index in [2.05, 4.69) is 10.3 Å². The average molecular weight is 281 g/mol. The molecule has 1 N–H and O–H groups in total. The summed E-state index contributed by atoms with van der Waals surface area (Å²) in [5.41, 5.74) is -0.726. The maximum Gasteiger partial charge on any atom is 0.419 e. The Morgan fingerprint density at radius 1 is 1.44 bits per heavy atom. The predicted octanol–water partition coefficient (Wildman–Crippen LogP) is 4.17. The maximum atomic E-state index is 12.6. The van der Waals surface area contributed by atoms with Crippen molar-refractivity contribution in [3.63, 3.8) is 0 Å². The van der Waals surface area contributed by atoms with Crippen LogP contribution in [0.4, 0.5) is 19.0 Å². The number of pyridine rings is 1. The van der Waals surface area contributed by atoms with Gasteiger partial charge in [-0.15, -0.1) is 11.6 Å². The minimum Gasteiger partial charge on any atom is -0.370 e. The smallest absolute Gasteiger partial charge is 0.370 e. The van der Waals surface area contributed by atoms with E-state index in [-0.39, 0.29) is 5.82 Å². The molecular formula is C12H16ClF3N2. The molecule has 102 valence electrons. The lowest BCUT2D eigenvalue weighted by Gasteiger charge is -2.13. The Morgan fingerprint density at radius 3 is 2.78 bits per heavy atom. The number of hydrogen-bond acceptors (Lipinski definition) is 2. The number of rotatable bonds is 6. The lowest BCUT2D eigenvalue weighted by molar-refractivity contribution is -0.137. The van der Waals surface area contributed by atoms with Gasteiger partial charge in [-0.2, -0.15) is 13.2 Å². The molecule has 0 radical (unpaired) electrons. The number of nitrogens with zero attached hydrogens (tertiary/aromatic N) is 1. The second-order valence-electron chi connectivity index (χ2n) is 4.23. The normalized spacial score (nSPS) is 13.4. The number of nitrogens with one attached hydrogen (secondary N) is 1. The summed E-state index contributed by atoms with van der Waals surface area (Å²) in [6.45, 7) is 2.47. The molecule has 1 rings (SSSR count). The topological polar surface area (TPSA) is 24.9 Å². The van der Waals surface area contributed by atoms with E-state index in [4.69, 9.17) is 11.6 Å². The molecule has 0 aromatic carbocycles. The monoisotopic (exact) mass is 280 g/mol. The molecule has 1 heterocycles. The minimum absolute atomic E-state index is 0.108. The summed E-state index contributed by atoms with van der Waals surface area (Å²) in [6.07, 6.45) is -1.38. The number of hydrogen-bond donors (Lipinski definition) is 1. The first kappa shape index (κ1) is 15.1. The van der Waals surface area contributed by atoms with Gasteiger partial charge in [-0.1, -0.05) is 6.92 Å². The quantitative estimate of drug-likeness (QED) is 0.625. The molecule has 1 unspecified atom stereocenters. The van der Waals surface area contributed by atoms with Crippen molar-refractivity contribution in [2.45, 2.75) is 25.9 Å². The van der Waals surface area contributed by atoms with E-state index < -0.39 is 11.7 Å². The SMILES string of the molecule is CC(CCl)CCCNc1ncccc1C(F)(F)F. The minimum atomic E-state index is -4.37. The van der Waals surface area contributed by atoms with Crippen LogP contribution >= 0.6 is 11.6 Å². The van der Waals surface area contributed by atoms with Crippen LogP contribution in [0, 0.1) is 5.92 Å². The third kappa shape index (κ3) is 4.72. The van der Waals surface area contributed by atoms with E-state index in [1.54, 1.807) is 0 Å². The molecule has 18 heavy (non-hydrogen) atoms. The van der Waals surface area contributed by atoms with Crippen molar-refractivity contribution in [3.05, 3.63) is 23.9 Å². The number of halogens is 4. The van der Waals surface area contributed by atoms with Crippen LogP contribution in [0.25, 0.3) is 0 Å². The summed E-state index contributed by atoms with van der Waals surface area (Å²) in [5, 5.41) is 2.73. The summed E-state index contributed by atoms with van der Waals surface area (Å²) in [7, 11) is 0. The zero-order chi connectivity index (χ0) is 13.6. The van der Waals surface area contributed by atoms with Gasteiger partial charge < -0.3 is 5.32 Å². The van der Waals surface area contributed by atoms with Crippen LogP contribution in [0.5, 0.6) is 0 Å². The fourth-order valence-corrected chi connectivity index (χ4v) is 1.66. The van der Waals surface area contributed by atoms with Crippen LogP contribution in [0.2, 0.25) is 0 Å². The van der Waals surface area contributed by atoms with Crippen LogP contribution in [-0.4, -0.2) is 17.4 Å². The van der Waals surface area contributed by atoms with Gasteiger partial charge >= 0.3 is 6.18 Å². The maximum absolute atomic E-state index is 12.6. The van der Waals surface area contributed by atoms with Gasteiger partial charge in [0.05, 0.1) is 5.56 Å².